The largest absolute Gasteiger partial charge is 0.316 e. The standard InChI is InChI=1S/C84H54N6/c1-5-21-60(22-6-1)85-48-46-70-76(85)44-40-69-74-52-57-18-13-14-19-58(57)53-81(74)89(83(69)70)65-37-35-64(36-38-65)87(62-25-9-3-10-26-62)66-29-17-20-56(50-66)59-33-32-55-34-42-80-82(73(55)51-59)72-41-45-77-71(47-49-86(77)61-23-7-2-8-24-61)84(72)90(80)67-39-43-79-75(54-67)68-30-15-16-31-78(68)88(79)63-27-11-4-12-28-63/h1-54H. The number of benzene rings is 14. The molecule has 0 unspecified atom stereocenters. The third-order valence-electron chi connectivity index (χ3n) is 18.9. The van der Waals surface area contributed by atoms with Gasteiger partial charge in [-0.05, 0) is 190 Å². The molecule has 5 heterocycles. The van der Waals surface area contributed by atoms with Crippen LogP contribution in [0.4, 0.5) is 17.1 Å². The summed E-state index contributed by atoms with van der Waals surface area (Å²) < 4.78 is 12.0. The highest BCUT2D eigenvalue weighted by Crippen LogP contribution is 2.46. The van der Waals surface area contributed by atoms with Crippen molar-refractivity contribution in [3.63, 3.8) is 0 Å². The smallest absolute Gasteiger partial charge is 0.0635 e. The lowest BCUT2D eigenvalue weighted by Crippen LogP contribution is -2.10. The van der Waals surface area contributed by atoms with Gasteiger partial charge >= 0.3 is 0 Å². The van der Waals surface area contributed by atoms with Gasteiger partial charge in [0.15, 0.2) is 0 Å². The first-order chi connectivity index (χ1) is 44.6. The van der Waals surface area contributed by atoms with E-state index in [4.69, 9.17) is 0 Å². The molecule has 420 valence electrons. The SMILES string of the molecule is c1ccc(N(c2ccc(-n3c4cc5ccccc5cc4c4ccc5c(ccn5-c5ccccc5)c43)cc2)c2cccc(-c3ccc4ccc5c(c4c3)c3ccc4c(ccn4-c4ccccc4)c3n5-c3ccc4c(c3)c3ccccc3n4-c3ccccc3)c2)cc1. The number of para-hydroxylation sites is 5. The molecular weight excluding hydrogens is 1090 g/mol. The van der Waals surface area contributed by atoms with Crippen LogP contribution in [0.15, 0.2) is 328 Å². The fraction of sp³-hybridized carbons (Fsp3) is 0. The van der Waals surface area contributed by atoms with E-state index in [9.17, 15) is 0 Å². The van der Waals surface area contributed by atoms with Crippen molar-refractivity contribution in [2.45, 2.75) is 0 Å². The van der Waals surface area contributed by atoms with Gasteiger partial charge in [-0.2, -0.15) is 0 Å². The van der Waals surface area contributed by atoms with Crippen LogP contribution in [-0.4, -0.2) is 22.8 Å². The van der Waals surface area contributed by atoms with Gasteiger partial charge in [0.2, 0.25) is 0 Å². The van der Waals surface area contributed by atoms with Crippen LogP contribution < -0.4 is 4.90 Å². The summed E-state index contributed by atoms with van der Waals surface area (Å²) in [7, 11) is 0. The van der Waals surface area contributed by atoms with Gasteiger partial charge in [-0.15, -0.1) is 0 Å². The Morgan fingerprint density at radius 2 is 0.722 bits per heavy atom. The Bertz CT molecular complexity index is 6060. The number of hydrogen-bond acceptors (Lipinski definition) is 1. The van der Waals surface area contributed by atoms with Crippen molar-refractivity contribution < 1.29 is 0 Å². The number of aromatic nitrogens is 5. The molecule has 0 spiro atoms. The van der Waals surface area contributed by atoms with Gasteiger partial charge in [-0.1, -0.05) is 158 Å². The second-order valence-electron chi connectivity index (χ2n) is 23.7. The number of fused-ring (bicyclic) bond motifs is 16. The quantitative estimate of drug-likeness (QED) is 0.142. The lowest BCUT2D eigenvalue weighted by Gasteiger charge is -2.26. The minimum atomic E-state index is 1.07. The van der Waals surface area contributed by atoms with E-state index in [2.05, 4.69) is 356 Å². The first-order valence-electron chi connectivity index (χ1n) is 30.9. The zero-order valence-corrected chi connectivity index (χ0v) is 48.9. The maximum Gasteiger partial charge on any atom is 0.0635 e. The van der Waals surface area contributed by atoms with E-state index in [0.29, 0.717) is 0 Å². The summed E-state index contributed by atoms with van der Waals surface area (Å²) in [6.45, 7) is 0. The van der Waals surface area contributed by atoms with Crippen molar-refractivity contribution in [1.29, 1.82) is 0 Å². The van der Waals surface area contributed by atoms with Gasteiger partial charge in [-0.3, -0.25) is 0 Å². The van der Waals surface area contributed by atoms with Crippen molar-refractivity contribution in [2.75, 3.05) is 4.90 Å². The minimum Gasteiger partial charge on any atom is -0.316 e. The highest BCUT2D eigenvalue weighted by molar-refractivity contribution is 6.27. The summed E-state index contributed by atoms with van der Waals surface area (Å²) in [6.07, 6.45) is 4.44. The predicted octanol–water partition coefficient (Wildman–Crippen LogP) is 22.3. The maximum atomic E-state index is 2.53. The monoisotopic (exact) mass is 1150 g/mol. The van der Waals surface area contributed by atoms with Crippen LogP contribution in [0.5, 0.6) is 0 Å². The highest BCUT2D eigenvalue weighted by atomic mass is 15.1. The molecule has 0 aliphatic heterocycles. The summed E-state index contributed by atoms with van der Waals surface area (Å²) in [4.78, 5) is 2.39. The van der Waals surface area contributed by atoms with E-state index in [1.807, 2.05) is 0 Å². The average Bonchev–Trinajstić information content (AvgIpc) is 1.76. The Morgan fingerprint density at radius 1 is 0.211 bits per heavy atom. The van der Waals surface area contributed by atoms with Crippen LogP contribution in [0.3, 0.4) is 0 Å². The van der Waals surface area contributed by atoms with Crippen molar-refractivity contribution in [1.82, 2.24) is 22.8 Å². The van der Waals surface area contributed by atoms with Gasteiger partial charge in [0, 0.05) is 101 Å². The Kier molecular flexibility index (Phi) is 11.0. The summed E-state index contributed by atoms with van der Waals surface area (Å²) >= 11 is 0. The van der Waals surface area contributed by atoms with Crippen LogP contribution in [-0.2, 0) is 0 Å². The van der Waals surface area contributed by atoms with Gasteiger partial charge in [0.05, 0.1) is 44.1 Å². The number of rotatable bonds is 9. The molecule has 0 radical (unpaired) electrons. The molecule has 19 aromatic rings. The Labute approximate surface area is 518 Å². The second-order valence-corrected chi connectivity index (χ2v) is 23.7. The van der Waals surface area contributed by atoms with Crippen LogP contribution >= 0.6 is 0 Å². The lowest BCUT2D eigenvalue weighted by atomic mass is 9.97. The third kappa shape index (κ3) is 7.58. The third-order valence-corrected chi connectivity index (χ3v) is 18.9. The molecule has 0 saturated heterocycles. The molecule has 0 bridgehead atoms. The number of nitrogens with zero attached hydrogens (tertiary/aromatic N) is 6. The summed E-state index contributed by atoms with van der Waals surface area (Å²) in [5, 5.41) is 14.6. The van der Waals surface area contributed by atoms with Crippen molar-refractivity contribution in [2.24, 2.45) is 0 Å². The molecule has 6 nitrogen and oxygen atoms in total. The average molecular weight is 1150 g/mol. The first kappa shape index (κ1) is 50.1. The molecule has 6 heteroatoms. The van der Waals surface area contributed by atoms with Crippen molar-refractivity contribution >= 4 is 126 Å². The van der Waals surface area contributed by atoms with E-state index >= 15 is 0 Å². The van der Waals surface area contributed by atoms with Crippen LogP contribution in [0.25, 0.3) is 148 Å². The lowest BCUT2D eigenvalue weighted by molar-refractivity contribution is 1.13. The van der Waals surface area contributed by atoms with Gasteiger partial charge in [0.1, 0.15) is 0 Å². The van der Waals surface area contributed by atoms with Gasteiger partial charge < -0.3 is 27.7 Å². The van der Waals surface area contributed by atoms with Gasteiger partial charge in [-0.25, -0.2) is 0 Å². The van der Waals surface area contributed by atoms with E-state index in [1.165, 1.54) is 97.7 Å². The van der Waals surface area contributed by atoms with E-state index in [1.54, 1.807) is 0 Å². The van der Waals surface area contributed by atoms with E-state index in [0.717, 1.165) is 67.7 Å². The molecule has 0 N–H and O–H groups in total. The molecule has 19 rings (SSSR count). The van der Waals surface area contributed by atoms with Crippen LogP contribution in [0.1, 0.15) is 0 Å². The fourth-order valence-electron chi connectivity index (χ4n) is 14.8. The maximum absolute atomic E-state index is 2.53. The van der Waals surface area contributed by atoms with Gasteiger partial charge in [0.25, 0.3) is 0 Å². The molecule has 5 aromatic heterocycles. The summed E-state index contributed by atoms with van der Waals surface area (Å²) in [6, 6.07) is 116. The molecule has 0 aliphatic carbocycles. The zero-order chi connectivity index (χ0) is 59.0. The summed E-state index contributed by atoms with van der Waals surface area (Å²) in [5.41, 5.74) is 20.6. The number of hydrogen-bond donors (Lipinski definition) is 0. The minimum absolute atomic E-state index is 1.07. The molecular formula is C84H54N6. The number of anilines is 3. The van der Waals surface area contributed by atoms with Crippen LogP contribution in [0, 0.1) is 0 Å². The van der Waals surface area contributed by atoms with Crippen molar-refractivity contribution in [3.8, 4) is 39.6 Å². The van der Waals surface area contributed by atoms with Crippen molar-refractivity contribution in [3.05, 3.63) is 328 Å². The highest BCUT2D eigenvalue weighted by Gasteiger charge is 2.24. The topological polar surface area (TPSA) is 27.9 Å². The van der Waals surface area contributed by atoms with E-state index in [-0.39, 0.29) is 0 Å². The Morgan fingerprint density at radius 3 is 1.44 bits per heavy atom. The van der Waals surface area contributed by atoms with Crippen LogP contribution in [0.2, 0.25) is 0 Å². The molecule has 90 heavy (non-hydrogen) atoms. The summed E-state index contributed by atoms with van der Waals surface area (Å²) in [5.74, 6) is 0. The fourth-order valence-corrected chi connectivity index (χ4v) is 14.8. The molecule has 14 aromatic carbocycles. The molecule has 0 atom stereocenters. The molecule has 0 saturated carbocycles. The predicted molar refractivity (Wildman–Crippen MR) is 378 cm³/mol. The Balaban J connectivity index is 0.765. The normalized spacial score (nSPS) is 12.0. The zero-order valence-electron chi connectivity index (χ0n) is 48.9. The van der Waals surface area contributed by atoms with E-state index < -0.39 is 0 Å². The Hall–Kier alpha value is -12.1. The molecule has 0 amide bonds. The molecule has 0 fully saturated rings. The second kappa shape index (κ2) is 19.7. The molecule has 0 aliphatic rings. The first-order valence-corrected chi connectivity index (χ1v) is 30.9.